The lowest BCUT2D eigenvalue weighted by atomic mass is 10.1. The molecule has 0 aromatic heterocycles. The Bertz CT molecular complexity index is 760. The van der Waals surface area contributed by atoms with E-state index in [1.807, 2.05) is 0 Å². The second kappa shape index (κ2) is 6.65. The number of phenolic OH excluding ortho intramolecular Hbond substituents is 1. The fourth-order valence-electron chi connectivity index (χ4n) is 1.97. The van der Waals surface area contributed by atoms with Crippen molar-refractivity contribution in [3.8, 4) is 17.2 Å². The lowest BCUT2D eigenvalue weighted by molar-refractivity contribution is -0.385. The van der Waals surface area contributed by atoms with E-state index < -0.39 is 16.5 Å². The van der Waals surface area contributed by atoms with Gasteiger partial charge < -0.3 is 19.9 Å². The number of nitrogens with zero attached hydrogens (tertiary/aromatic N) is 1. The first kappa shape index (κ1) is 16.1. The van der Waals surface area contributed by atoms with E-state index in [1.165, 1.54) is 32.4 Å². The first-order chi connectivity index (χ1) is 11.0. The number of benzene rings is 2. The highest BCUT2D eigenvalue weighted by Gasteiger charge is 2.25. The number of nitro groups is 1. The summed E-state index contributed by atoms with van der Waals surface area (Å²) in [5.41, 5.74) is -0.506. The number of hydrogen-bond donors (Lipinski definition) is 2. The maximum Gasteiger partial charge on any atom is 0.286 e. The zero-order valence-electron chi connectivity index (χ0n) is 12.4. The minimum Gasteiger partial charge on any atom is -0.506 e. The van der Waals surface area contributed by atoms with Crippen LogP contribution in [0.15, 0.2) is 36.4 Å². The van der Waals surface area contributed by atoms with Crippen molar-refractivity contribution in [1.82, 2.24) is 0 Å². The van der Waals surface area contributed by atoms with Crippen molar-refractivity contribution in [2.75, 3.05) is 19.5 Å². The average Bonchev–Trinajstić information content (AvgIpc) is 2.55. The van der Waals surface area contributed by atoms with Crippen LogP contribution in [0.3, 0.4) is 0 Å². The molecule has 0 fully saturated rings. The van der Waals surface area contributed by atoms with Gasteiger partial charge in [-0.2, -0.15) is 0 Å². The Kier molecular flexibility index (Phi) is 4.65. The van der Waals surface area contributed by atoms with E-state index in [0.29, 0.717) is 0 Å². The second-order valence-corrected chi connectivity index (χ2v) is 4.45. The number of aromatic hydroxyl groups is 1. The number of carbonyl (C=O) groups is 1. The third kappa shape index (κ3) is 3.31. The van der Waals surface area contributed by atoms with E-state index in [4.69, 9.17) is 9.47 Å². The fraction of sp³-hybridized carbons (Fsp3) is 0.133. The molecule has 2 aromatic rings. The van der Waals surface area contributed by atoms with Crippen LogP contribution in [0.5, 0.6) is 17.2 Å². The standard InChI is InChI=1S/C15H14N2O6/c1-22-13-7-9(11(17(20)21)8-14(13)23-2)15(19)16-10-5-3-4-6-12(10)18/h3-8,18H,1-2H3,(H,16,19). The molecule has 0 saturated carbocycles. The van der Waals surface area contributed by atoms with Gasteiger partial charge in [-0.3, -0.25) is 14.9 Å². The predicted molar refractivity (Wildman–Crippen MR) is 82.3 cm³/mol. The highest BCUT2D eigenvalue weighted by molar-refractivity contribution is 6.08. The van der Waals surface area contributed by atoms with Crippen LogP contribution >= 0.6 is 0 Å². The van der Waals surface area contributed by atoms with Crippen LogP contribution in [-0.2, 0) is 0 Å². The van der Waals surface area contributed by atoms with Gasteiger partial charge in [0.1, 0.15) is 11.3 Å². The van der Waals surface area contributed by atoms with Crippen LogP contribution < -0.4 is 14.8 Å². The molecule has 0 saturated heterocycles. The van der Waals surface area contributed by atoms with Crippen molar-refractivity contribution in [2.45, 2.75) is 0 Å². The van der Waals surface area contributed by atoms with Crippen LogP contribution in [0.4, 0.5) is 11.4 Å². The van der Waals surface area contributed by atoms with Gasteiger partial charge in [0.2, 0.25) is 0 Å². The highest BCUT2D eigenvalue weighted by Crippen LogP contribution is 2.35. The lowest BCUT2D eigenvalue weighted by Gasteiger charge is -2.11. The quantitative estimate of drug-likeness (QED) is 0.498. The molecule has 8 nitrogen and oxygen atoms in total. The van der Waals surface area contributed by atoms with E-state index >= 15 is 0 Å². The summed E-state index contributed by atoms with van der Waals surface area (Å²) in [4.78, 5) is 22.8. The van der Waals surface area contributed by atoms with Crippen LogP contribution in [0, 0.1) is 10.1 Å². The largest absolute Gasteiger partial charge is 0.506 e. The molecule has 0 atom stereocenters. The molecule has 0 aliphatic carbocycles. The van der Waals surface area contributed by atoms with E-state index in [2.05, 4.69) is 5.32 Å². The van der Waals surface area contributed by atoms with E-state index in [9.17, 15) is 20.0 Å². The van der Waals surface area contributed by atoms with Gasteiger partial charge in [0.05, 0.1) is 30.9 Å². The number of carbonyl (C=O) groups excluding carboxylic acids is 1. The van der Waals surface area contributed by atoms with Crippen molar-refractivity contribution >= 4 is 17.3 Å². The normalized spacial score (nSPS) is 10.0. The Hall–Kier alpha value is -3.29. The molecule has 0 bridgehead atoms. The van der Waals surface area contributed by atoms with Crippen molar-refractivity contribution in [1.29, 1.82) is 0 Å². The van der Waals surface area contributed by atoms with Gasteiger partial charge in [0, 0.05) is 6.07 Å². The molecule has 0 heterocycles. The SMILES string of the molecule is COc1cc(C(=O)Nc2ccccc2O)c([N+](=O)[O-])cc1OC. The molecule has 0 spiro atoms. The second-order valence-electron chi connectivity index (χ2n) is 4.45. The molecule has 2 N–H and O–H groups in total. The summed E-state index contributed by atoms with van der Waals surface area (Å²) in [5.74, 6) is -0.582. The van der Waals surface area contributed by atoms with Gasteiger partial charge in [-0.15, -0.1) is 0 Å². The summed E-state index contributed by atoms with van der Waals surface area (Å²) >= 11 is 0. The summed E-state index contributed by atoms with van der Waals surface area (Å²) in [5, 5.41) is 23.3. The summed E-state index contributed by atoms with van der Waals surface area (Å²) in [7, 11) is 2.69. The number of rotatable bonds is 5. The van der Waals surface area contributed by atoms with E-state index in [-0.39, 0.29) is 28.5 Å². The molecule has 0 aliphatic rings. The van der Waals surface area contributed by atoms with Gasteiger partial charge in [-0.25, -0.2) is 0 Å². The lowest BCUT2D eigenvalue weighted by Crippen LogP contribution is -2.14. The molecule has 1 amide bonds. The molecule has 23 heavy (non-hydrogen) atoms. The van der Waals surface area contributed by atoms with Crippen LogP contribution in [-0.4, -0.2) is 30.2 Å². The first-order valence-corrected chi connectivity index (χ1v) is 6.47. The zero-order chi connectivity index (χ0) is 17.0. The molecular formula is C15H14N2O6. The Morgan fingerprint density at radius 1 is 1.17 bits per heavy atom. The minimum atomic E-state index is -0.751. The van der Waals surface area contributed by atoms with Gasteiger partial charge in [-0.1, -0.05) is 12.1 Å². The molecule has 0 radical (unpaired) electrons. The monoisotopic (exact) mass is 318 g/mol. The first-order valence-electron chi connectivity index (χ1n) is 6.47. The van der Waals surface area contributed by atoms with Crippen LogP contribution in [0.1, 0.15) is 10.4 Å². The zero-order valence-corrected chi connectivity index (χ0v) is 12.4. The van der Waals surface area contributed by atoms with Gasteiger partial charge in [-0.05, 0) is 12.1 Å². The Morgan fingerprint density at radius 2 is 1.78 bits per heavy atom. The number of amides is 1. The van der Waals surface area contributed by atoms with Gasteiger partial charge in [0.25, 0.3) is 11.6 Å². The van der Waals surface area contributed by atoms with Crippen molar-refractivity contribution in [3.05, 3.63) is 52.1 Å². The topological polar surface area (TPSA) is 111 Å². The minimum absolute atomic E-state index is 0.137. The third-order valence-electron chi connectivity index (χ3n) is 3.10. The van der Waals surface area contributed by atoms with Gasteiger partial charge >= 0.3 is 0 Å². The maximum absolute atomic E-state index is 12.3. The Labute approximate surface area is 131 Å². The molecule has 2 aromatic carbocycles. The molecule has 120 valence electrons. The van der Waals surface area contributed by atoms with E-state index in [1.54, 1.807) is 12.1 Å². The van der Waals surface area contributed by atoms with Crippen molar-refractivity contribution in [3.63, 3.8) is 0 Å². The number of ether oxygens (including phenoxy) is 2. The number of methoxy groups -OCH3 is 2. The molecular weight excluding hydrogens is 304 g/mol. The van der Waals surface area contributed by atoms with E-state index in [0.717, 1.165) is 6.07 Å². The van der Waals surface area contributed by atoms with Crippen LogP contribution in [0.2, 0.25) is 0 Å². The fourth-order valence-corrected chi connectivity index (χ4v) is 1.97. The number of nitrogens with one attached hydrogen (secondary N) is 1. The number of para-hydroxylation sites is 2. The highest BCUT2D eigenvalue weighted by atomic mass is 16.6. The number of anilines is 1. The van der Waals surface area contributed by atoms with Crippen molar-refractivity contribution in [2.24, 2.45) is 0 Å². The average molecular weight is 318 g/mol. The molecule has 0 unspecified atom stereocenters. The predicted octanol–water partition coefficient (Wildman–Crippen LogP) is 2.57. The summed E-state index contributed by atoms with van der Waals surface area (Å²) < 4.78 is 10.1. The Balaban J connectivity index is 2.46. The number of phenols is 1. The van der Waals surface area contributed by atoms with Gasteiger partial charge in [0.15, 0.2) is 11.5 Å². The molecule has 2 rings (SSSR count). The molecule has 0 aliphatic heterocycles. The number of hydrogen-bond acceptors (Lipinski definition) is 6. The van der Waals surface area contributed by atoms with Crippen LogP contribution in [0.25, 0.3) is 0 Å². The third-order valence-corrected chi connectivity index (χ3v) is 3.10. The summed E-state index contributed by atoms with van der Waals surface area (Å²) in [6, 6.07) is 8.38. The molecule has 8 heteroatoms. The maximum atomic E-state index is 12.3. The Morgan fingerprint density at radius 3 is 2.35 bits per heavy atom. The summed E-state index contributed by atoms with van der Waals surface area (Å²) in [6.45, 7) is 0. The smallest absolute Gasteiger partial charge is 0.286 e. The number of nitro benzene ring substituents is 1. The van der Waals surface area contributed by atoms with Crippen molar-refractivity contribution < 1.29 is 24.3 Å². The summed E-state index contributed by atoms with van der Waals surface area (Å²) in [6.07, 6.45) is 0.